The Morgan fingerprint density at radius 2 is 1.72 bits per heavy atom. The monoisotopic (exact) mass is 479 g/mol. The fraction of sp³-hybridized carbons (Fsp3) is 0.179. The van der Waals surface area contributed by atoms with Crippen molar-refractivity contribution < 1.29 is 4.79 Å². The van der Waals surface area contributed by atoms with Crippen LogP contribution in [0.5, 0.6) is 0 Å². The lowest BCUT2D eigenvalue weighted by Gasteiger charge is -2.15. The number of anilines is 1. The molecule has 0 spiro atoms. The normalized spacial score (nSPS) is 11.8. The van der Waals surface area contributed by atoms with E-state index in [2.05, 4.69) is 25.3 Å². The van der Waals surface area contributed by atoms with E-state index in [-0.39, 0.29) is 5.91 Å². The average Bonchev–Trinajstić information content (AvgIpc) is 2.88. The molecule has 0 radical (unpaired) electrons. The molecule has 182 valence electrons. The minimum Gasteiger partial charge on any atom is -0.404 e. The minimum atomic E-state index is -0.285. The van der Waals surface area contributed by atoms with E-state index in [0.29, 0.717) is 30.9 Å². The Labute approximate surface area is 210 Å². The van der Waals surface area contributed by atoms with Crippen molar-refractivity contribution in [2.75, 3.05) is 5.73 Å². The molecule has 0 fully saturated rings. The van der Waals surface area contributed by atoms with Gasteiger partial charge in [0.1, 0.15) is 11.6 Å². The van der Waals surface area contributed by atoms with Gasteiger partial charge < -0.3 is 16.8 Å². The summed E-state index contributed by atoms with van der Waals surface area (Å²) in [4.78, 5) is 29.8. The van der Waals surface area contributed by atoms with Crippen LogP contribution in [0.15, 0.2) is 77.8 Å². The van der Waals surface area contributed by atoms with E-state index >= 15 is 0 Å². The summed E-state index contributed by atoms with van der Waals surface area (Å²) in [7, 11) is 0. The number of nitrogens with zero attached hydrogens (tertiary/aromatic N) is 4. The topological polar surface area (TPSA) is 132 Å². The van der Waals surface area contributed by atoms with Gasteiger partial charge in [0, 0.05) is 49.4 Å². The van der Waals surface area contributed by atoms with E-state index in [4.69, 9.17) is 11.5 Å². The maximum absolute atomic E-state index is 12.8. The molecule has 4 aromatic rings. The zero-order chi connectivity index (χ0) is 25.5. The second-order valence-electron chi connectivity index (χ2n) is 8.52. The number of nitrogens with two attached hydrogens (primary N) is 2. The van der Waals surface area contributed by atoms with Crippen molar-refractivity contribution in [3.05, 3.63) is 106 Å². The minimum absolute atomic E-state index is 0.285. The van der Waals surface area contributed by atoms with Crippen LogP contribution in [0, 0.1) is 13.8 Å². The first-order valence-corrected chi connectivity index (χ1v) is 11.6. The molecule has 8 nitrogen and oxygen atoms in total. The lowest BCUT2D eigenvalue weighted by atomic mass is 9.96. The third kappa shape index (κ3) is 5.72. The van der Waals surface area contributed by atoms with E-state index in [0.717, 1.165) is 44.4 Å². The van der Waals surface area contributed by atoms with E-state index in [9.17, 15) is 4.79 Å². The van der Waals surface area contributed by atoms with Gasteiger partial charge >= 0.3 is 0 Å². The van der Waals surface area contributed by atoms with Gasteiger partial charge in [-0.05, 0) is 65.3 Å². The van der Waals surface area contributed by atoms with Crippen LogP contribution in [0.3, 0.4) is 0 Å². The number of carbonyl (C=O) groups is 1. The molecule has 1 amide bonds. The van der Waals surface area contributed by atoms with E-state index in [1.807, 2.05) is 50.2 Å². The Kier molecular flexibility index (Phi) is 7.65. The zero-order valence-electron chi connectivity index (χ0n) is 20.4. The third-order valence-electron chi connectivity index (χ3n) is 6.09. The first-order chi connectivity index (χ1) is 17.5. The second-order valence-corrected chi connectivity index (χ2v) is 8.52. The van der Waals surface area contributed by atoms with Gasteiger partial charge in [-0.15, -0.1) is 0 Å². The number of hydrogen-bond donors (Lipinski definition) is 3. The molecule has 4 rings (SSSR count). The zero-order valence-corrected chi connectivity index (χ0v) is 20.4. The molecular formula is C28H29N7O. The predicted octanol–water partition coefficient (Wildman–Crippen LogP) is 3.54. The number of aromatic nitrogens is 3. The van der Waals surface area contributed by atoms with Gasteiger partial charge in [0.15, 0.2) is 0 Å². The molecule has 0 saturated heterocycles. The van der Waals surface area contributed by atoms with Crippen molar-refractivity contribution in [2.45, 2.75) is 33.4 Å². The number of benzene rings is 2. The molecule has 0 aliphatic heterocycles. The lowest BCUT2D eigenvalue weighted by molar-refractivity contribution is -0.117. The summed E-state index contributed by atoms with van der Waals surface area (Å²) in [6, 6.07) is 13.8. The molecule has 0 aliphatic rings. The van der Waals surface area contributed by atoms with Gasteiger partial charge in [-0.25, -0.2) is 15.0 Å². The highest BCUT2D eigenvalue weighted by molar-refractivity contribution is 6.12. The molecule has 2 aromatic carbocycles. The second kappa shape index (κ2) is 11.2. The van der Waals surface area contributed by atoms with Gasteiger partial charge in [0.05, 0.1) is 12.1 Å². The van der Waals surface area contributed by atoms with Crippen LogP contribution in [0.1, 0.15) is 33.6 Å². The number of aryl methyl sites for hydroxylation is 2. The first kappa shape index (κ1) is 24.5. The number of nitrogen functional groups attached to an aromatic ring is 1. The summed E-state index contributed by atoms with van der Waals surface area (Å²) in [5.74, 6) is 0.994. The maximum atomic E-state index is 12.8. The molecule has 2 heterocycles. The van der Waals surface area contributed by atoms with Crippen LogP contribution in [0.2, 0.25) is 0 Å². The highest BCUT2D eigenvalue weighted by Crippen LogP contribution is 2.27. The summed E-state index contributed by atoms with van der Waals surface area (Å²) in [6.45, 7) is 4.83. The molecule has 0 saturated carbocycles. The summed E-state index contributed by atoms with van der Waals surface area (Å²) in [6.07, 6.45) is 8.62. The lowest BCUT2D eigenvalue weighted by Crippen LogP contribution is -2.26. The molecule has 0 aliphatic carbocycles. The predicted molar refractivity (Wildman–Crippen MR) is 143 cm³/mol. The Morgan fingerprint density at radius 3 is 2.44 bits per heavy atom. The largest absolute Gasteiger partial charge is 0.404 e. The van der Waals surface area contributed by atoms with E-state index < -0.39 is 0 Å². The van der Waals surface area contributed by atoms with Crippen LogP contribution in [-0.4, -0.2) is 27.1 Å². The van der Waals surface area contributed by atoms with Gasteiger partial charge in [-0.2, -0.15) is 0 Å². The highest BCUT2D eigenvalue weighted by atomic mass is 16.1. The van der Waals surface area contributed by atoms with Crippen molar-refractivity contribution in [3.63, 3.8) is 0 Å². The van der Waals surface area contributed by atoms with Gasteiger partial charge in [0.2, 0.25) is 0 Å². The maximum Gasteiger partial charge on any atom is 0.254 e. The fourth-order valence-corrected chi connectivity index (χ4v) is 4.07. The molecule has 0 bridgehead atoms. The third-order valence-corrected chi connectivity index (χ3v) is 6.09. The SMILES string of the molecule is Cc1cc2c(N)nccc2c(C)c1CNC(=O)/C(C=NCc1ccc(Cc2ncccn2)cc1)=C/N. The standard InChI is InChI=1S/C28H29N7O/c1-18-12-24-23(8-11-34-27(24)30)19(2)25(18)17-35-28(36)22(14-29)16-31-15-21-6-4-20(5-7-21)13-26-32-9-3-10-33-26/h3-12,14,16H,13,15,17,29H2,1-2H3,(H2,30,34)(H,35,36)/b22-14+,31-16?. The number of pyridine rings is 1. The number of rotatable bonds is 8. The van der Waals surface area contributed by atoms with Crippen LogP contribution in [0.25, 0.3) is 10.8 Å². The van der Waals surface area contributed by atoms with Crippen molar-refractivity contribution in [3.8, 4) is 0 Å². The van der Waals surface area contributed by atoms with Crippen molar-refractivity contribution in [1.29, 1.82) is 0 Å². The summed E-state index contributed by atoms with van der Waals surface area (Å²) >= 11 is 0. The van der Waals surface area contributed by atoms with Crippen molar-refractivity contribution in [2.24, 2.45) is 10.7 Å². The molecule has 8 heteroatoms. The number of amides is 1. The van der Waals surface area contributed by atoms with Crippen LogP contribution in [0.4, 0.5) is 5.82 Å². The average molecular weight is 480 g/mol. The van der Waals surface area contributed by atoms with Crippen LogP contribution in [-0.2, 0) is 24.3 Å². The Morgan fingerprint density at radius 1 is 1.00 bits per heavy atom. The number of aliphatic imine (C=N–C) groups is 1. The number of carbonyl (C=O) groups excluding carboxylic acids is 1. The molecule has 0 atom stereocenters. The molecule has 36 heavy (non-hydrogen) atoms. The van der Waals surface area contributed by atoms with Gasteiger partial charge in [-0.1, -0.05) is 24.3 Å². The Balaban J connectivity index is 1.35. The molecular weight excluding hydrogens is 450 g/mol. The number of fused-ring (bicyclic) bond motifs is 1. The van der Waals surface area contributed by atoms with Crippen LogP contribution < -0.4 is 16.8 Å². The van der Waals surface area contributed by atoms with Crippen molar-refractivity contribution in [1.82, 2.24) is 20.3 Å². The summed E-state index contributed by atoms with van der Waals surface area (Å²) in [5.41, 5.74) is 17.3. The highest BCUT2D eigenvalue weighted by Gasteiger charge is 2.12. The quantitative estimate of drug-likeness (QED) is 0.262. The fourth-order valence-electron chi connectivity index (χ4n) is 4.07. The Bertz CT molecular complexity index is 1430. The molecule has 5 N–H and O–H groups in total. The van der Waals surface area contributed by atoms with Gasteiger partial charge in [0.25, 0.3) is 5.91 Å². The van der Waals surface area contributed by atoms with E-state index in [1.54, 1.807) is 24.7 Å². The summed E-state index contributed by atoms with van der Waals surface area (Å²) in [5, 5.41) is 4.89. The van der Waals surface area contributed by atoms with Gasteiger partial charge in [-0.3, -0.25) is 9.79 Å². The number of nitrogens with one attached hydrogen (secondary N) is 1. The van der Waals surface area contributed by atoms with Crippen LogP contribution >= 0.6 is 0 Å². The van der Waals surface area contributed by atoms with Crippen molar-refractivity contribution >= 4 is 28.7 Å². The Hall–Kier alpha value is -4.59. The molecule has 2 aromatic heterocycles. The number of hydrogen-bond acceptors (Lipinski definition) is 7. The molecule has 0 unspecified atom stereocenters. The smallest absolute Gasteiger partial charge is 0.254 e. The van der Waals surface area contributed by atoms with E-state index in [1.165, 1.54) is 12.4 Å². The first-order valence-electron chi connectivity index (χ1n) is 11.6. The summed E-state index contributed by atoms with van der Waals surface area (Å²) < 4.78 is 0.